The van der Waals surface area contributed by atoms with E-state index in [2.05, 4.69) is 10.4 Å². The largest absolute Gasteiger partial charge is 0.333 e. The van der Waals surface area contributed by atoms with Crippen molar-refractivity contribution in [3.63, 3.8) is 0 Å². The quantitative estimate of drug-likeness (QED) is 0.414. The molecule has 2 heterocycles. The highest BCUT2D eigenvalue weighted by molar-refractivity contribution is 7.80. The molecule has 0 spiro atoms. The first-order valence-electron chi connectivity index (χ1n) is 10.9. The van der Waals surface area contributed by atoms with Gasteiger partial charge in [0, 0.05) is 35.6 Å². The second-order valence-electron chi connectivity index (χ2n) is 8.46. The molecular formula is C25H26ClN5O2S. The topological polar surface area (TPSA) is 70.5 Å². The molecule has 1 saturated heterocycles. The third kappa shape index (κ3) is 4.69. The minimum absolute atomic E-state index is 0.0353. The predicted molar refractivity (Wildman–Crippen MR) is 138 cm³/mol. The number of hydrogen-bond acceptors (Lipinski definition) is 4. The van der Waals surface area contributed by atoms with Crippen LogP contribution in [0.3, 0.4) is 0 Å². The summed E-state index contributed by atoms with van der Waals surface area (Å²) >= 11 is 11.8. The Morgan fingerprint density at radius 2 is 1.88 bits per heavy atom. The van der Waals surface area contributed by atoms with Crippen molar-refractivity contribution >= 4 is 52.1 Å². The van der Waals surface area contributed by atoms with Crippen LogP contribution in [0.1, 0.15) is 28.9 Å². The number of thiocarbonyl (C=S) groups is 1. The van der Waals surface area contributed by atoms with Crippen molar-refractivity contribution in [3.05, 3.63) is 76.1 Å². The van der Waals surface area contributed by atoms with Gasteiger partial charge in [-0.05, 0) is 75.0 Å². The van der Waals surface area contributed by atoms with Gasteiger partial charge >= 0.3 is 0 Å². The molecule has 2 aromatic carbocycles. The summed E-state index contributed by atoms with van der Waals surface area (Å²) in [5.41, 5.74) is 5.08. The summed E-state index contributed by atoms with van der Waals surface area (Å²) in [7, 11) is 1.88. The van der Waals surface area contributed by atoms with Crippen LogP contribution in [0.2, 0.25) is 5.02 Å². The molecule has 34 heavy (non-hydrogen) atoms. The smallest absolute Gasteiger partial charge is 0.257 e. The van der Waals surface area contributed by atoms with E-state index in [9.17, 15) is 9.59 Å². The zero-order valence-corrected chi connectivity index (χ0v) is 21.1. The fourth-order valence-corrected chi connectivity index (χ4v) is 4.60. The van der Waals surface area contributed by atoms with Crippen LogP contribution in [-0.4, -0.2) is 37.6 Å². The number of amides is 2. The van der Waals surface area contributed by atoms with E-state index in [0.29, 0.717) is 22.4 Å². The maximum atomic E-state index is 13.6. The van der Waals surface area contributed by atoms with Crippen molar-refractivity contribution in [1.82, 2.24) is 14.7 Å². The van der Waals surface area contributed by atoms with Crippen LogP contribution < -0.4 is 10.2 Å². The van der Waals surface area contributed by atoms with Crippen molar-refractivity contribution in [3.8, 4) is 0 Å². The van der Waals surface area contributed by atoms with Crippen molar-refractivity contribution in [2.45, 2.75) is 39.8 Å². The van der Waals surface area contributed by atoms with Gasteiger partial charge < -0.3 is 10.2 Å². The third-order valence-electron chi connectivity index (χ3n) is 6.10. The van der Waals surface area contributed by atoms with E-state index in [1.807, 2.05) is 58.2 Å². The van der Waals surface area contributed by atoms with Crippen molar-refractivity contribution < 1.29 is 9.59 Å². The molecule has 0 unspecified atom stereocenters. The number of nitrogens with zero attached hydrogens (tertiary/aromatic N) is 4. The molecule has 7 nitrogen and oxygen atoms in total. The van der Waals surface area contributed by atoms with Gasteiger partial charge in [-0.1, -0.05) is 23.7 Å². The van der Waals surface area contributed by atoms with Crippen LogP contribution in [0.15, 0.2) is 48.5 Å². The molecule has 4 rings (SSSR count). The van der Waals surface area contributed by atoms with Gasteiger partial charge in [-0.3, -0.25) is 14.3 Å². The first-order valence-corrected chi connectivity index (χ1v) is 11.7. The van der Waals surface area contributed by atoms with Gasteiger partial charge in [0.25, 0.3) is 5.91 Å². The normalized spacial score (nSPS) is 15.7. The average molecular weight is 496 g/mol. The van der Waals surface area contributed by atoms with E-state index in [0.717, 1.165) is 28.2 Å². The van der Waals surface area contributed by atoms with E-state index < -0.39 is 6.04 Å². The Bertz CT molecular complexity index is 1270. The monoisotopic (exact) mass is 495 g/mol. The molecule has 1 fully saturated rings. The summed E-state index contributed by atoms with van der Waals surface area (Å²) in [5.74, 6) is -0.547. The summed E-state index contributed by atoms with van der Waals surface area (Å²) in [6, 6.07) is 13.8. The SMILES string of the molecule is Cc1cccc(N2C(=O)C[C@H](N(Cc3c(C)nn(C)c3C)C(=S)Nc3ccc(Cl)cc3)C2=O)c1. The van der Waals surface area contributed by atoms with Gasteiger partial charge in [0.1, 0.15) is 6.04 Å². The van der Waals surface area contributed by atoms with Crippen molar-refractivity contribution in [2.75, 3.05) is 10.2 Å². The molecule has 0 aliphatic carbocycles. The van der Waals surface area contributed by atoms with Crippen molar-refractivity contribution in [1.29, 1.82) is 0 Å². The summed E-state index contributed by atoms with van der Waals surface area (Å²) in [4.78, 5) is 29.6. The van der Waals surface area contributed by atoms with Gasteiger partial charge in [-0.25, -0.2) is 4.90 Å². The molecule has 2 amide bonds. The van der Waals surface area contributed by atoms with Crippen molar-refractivity contribution in [2.24, 2.45) is 7.05 Å². The lowest BCUT2D eigenvalue weighted by atomic mass is 10.1. The molecule has 0 bridgehead atoms. The second-order valence-corrected chi connectivity index (χ2v) is 9.29. The van der Waals surface area contributed by atoms with E-state index in [1.165, 1.54) is 4.90 Å². The van der Waals surface area contributed by atoms with E-state index in [4.69, 9.17) is 23.8 Å². The minimum Gasteiger partial charge on any atom is -0.333 e. The summed E-state index contributed by atoms with van der Waals surface area (Å²) in [6.07, 6.45) is 0.0353. The van der Waals surface area contributed by atoms with Crippen LogP contribution in [0.5, 0.6) is 0 Å². The fraction of sp³-hybridized carbons (Fsp3) is 0.280. The molecule has 1 aromatic heterocycles. The second kappa shape index (κ2) is 9.56. The van der Waals surface area contributed by atoms with Crippen LogP contribution in [0.25, 0.3) is 0 Å². The number of imide groups is 1. The number of carbonyl (C=O) groups is 2. The Morgan fingerprint density at radius 3 is 2.50 bits per heavy atom. The fourth-order valence-electron chi connectivity index (χ4n) is 4.17. The molecule has 0 saturated carbocycles. The first kappa shape index (κ1) is 23.9. The van der Waals surface area contributed by atoms with Crippen LogP contribution in [0.4, 0.5) is 11.4 Å². The molecule has 9 heteroatoms. The predicted octanol–water partition coefficient (Wildman–Crippen LogP) is 4.53. The lowest BCUT2D eigenvalue weighted by Gasteiger charge is -2.30. The number of carbonyl (C=O) groups excluding carboxylic acids is 2. The number of nitrogens with one attached hydrogen (secondary N) is 1. The van der Waals surface area contributed by atoms with Gasteiger partial charge in [-0.2, -0.15) is 5.10 Å². The van der Waals surface area contributed by atoms with Gasteiger partial charge in [-0.15, -0.1) is 0 Å². The van der Waals surface area contributed by atoms with E-state index in [1.54, 1.807) is 27.8 Å². The Labute approximate surface area is 209 Å². The Kier molecular flexibility index (Phi) is 6.72. The number of benzene rings is 2. The zero-order chi connectivity index (χ0) is 24.6. The minimum atomic E-state index is -0.737. The zero-order valence-electron chi connectivity index (χ0n) is 19.5. The molecule has 1 aliphatic rings. The Balaban J connectivity index is 1.68. The standard InChI is InChI=1S/C25H26ClN5O2S/c1-15-6-5-7-20(12-15)31-23(32)13-22(24(31)33)30(14-21-16(2)28-29(4)17(21)3)25(34)27-19-10-8-18(26)9-11-19/h5-12,22H,13-14H2,1-4H3,(H,27,34)/t22-/m0/s1. The maximum absolute atomic E-state index is 13.6. The number of rotatable bonds is 5. The summed E-state index contributed by atoms with van der Waals surface area (Å²) in [6.45, 7) is 6.18. The van der Waals surface area contributed by atoms with Crippen LogP contribution in [-0.2, 0) is 23.2 Å². The molecule has 1 N–H and O–H groups in total. The molecule has 176 valence electrons. The Hall–Kier alpha value is -3.23. The van der Waals surface area contributed by atoms with Gasteiger partial charge in [0.15, 0.2) is 5.11 Å². The van der Waals surface area contributed by atoms with Gasteiger partial charge in [0.2, 0.25) is 5.91 Å². The highest BCUT2D eigenvalue weighted by Gasteiger charge is 2.44. The van der Waals surface area contributed by atoms with Gasteiger partial charge in [0.05, 0.1) is 17.8 Å². The van der Waals surface area contributed by atoms with E-state index in [-0.39, 0.29) is 18.2 Å². The lowest BCUT2D eigenvalue weighted by Crippen LogP contribution is -2.46. The molecule has 1 atom stereocenters. The number of hydrogen-bond donors (Lipinski definition) is 1. The average Bonchev–Trinajstić information content (AvgIpc) is 3.21. The summed E-state index contributed by atoms with van der Waals surface area (Å²) in [5, 5.41) is 8.66. The number of halogens is 1. The number of anilines is 2. The molecule has 1 aliphatic heterocycles. The van der Waals surface area contributed by atoms with Crippen LogP contribution in [0, 0.1) is 20.8 Å². The van der Waals surface area contributed by atoms with Crippen LogP contribution >= 0.6 is 23.8 Å². The number of aromatic nitrogens is 2. The lowest BCUT2D eigenvalue weighted by molar-refractivity contribution is -0.122. The molecule has 3 aromatic rings. The summed E-state index contributed by atoms with van der Waals surface area (Å²) < 4.78 is 1.80. The first-order chi connectivity index (χ1) is 16.2. The molecular weight excluding hydrogens is 470 g/mol. The van der Waals surface area contributed by atoms with E-state index >= 15 is 0 Å². The maximum Gasteiger partial charge on any atom is 0.257 e. The highest BCUT2D eigenvalue weighted by Crippen LogP contribution is 2.29. The Morgan fingerprint density at radius 1 is 1.18 bits per heavy atom. The molecule has 0 radical (unpaired) electrons. The third-order valence-corrected chi connectivity index (χ3v) is 6.69. The highest BCUT2D eigenvalue weighted by atomic mass is 35.5. The number of aryl methyl sites for hydroxylation is 3.